The summed E-state index contributed by atoms with van der Waals surface area (Å²) in [6.07, 6.45) is -4.23. The number of aliphatic imine (C=N–C) groups is 1. The van der Waals surface area contributed by atoms with Crippen LogP contribution in [0, 0.1) is 0 Å². The number of rotatable bonds is 6. The predicted molar refractivity (Wildman–Crippen MR) is 113 cm³/mol. The zero-order valence-corrected chi connectivity index (χ0v) is 17.9. The van der Waals surface area contributed by atoms with E-state index in [0.717, 1.165) is 17.9 Å². The molecule has 0 radical (unpaired) electrons. The van der Waals surface area contributed by atoms with Crippen molar-refractivity contribution in [1.29, 1.82) is 0 Å². The zero-order valence-electron chi connectivity index (χ0n) is 16.3. The van der Waals surface area contributed by atoms with Gasteiger partial charge in [-0.05, 0) is 42.0 Å². The summed E-state index contributed by atoms with van der Waals surface area (Å²) in [4.78, 5) is 4.14. The highest BCUT2D eigenvalue weighted by atomic mass is 32.2. The largest absolute Gasteiger partial charge is 0.416 e. The fourth-order valence-electron chi connectivity index (χ4n) is 2.77. The number of sulfonamides is 1. The average molecular weight is 483 g/mol. The molecule has 0 amide bonds. The molecule has 13 heteroatoms. The maximum atomic E-state index is 12.6. The van der Waals surface area contributed by atoms with Crippen molar-refractivity contribution in [2.75, 3.05) is 17.6 Å². The second-order valence-electron chi connectivity index (χ2n) is 6.66. The number of hydrogen-bond acceptors (Lipinski definition) is 8. The summed E-state index contributed by atoms with van der Waals surface area (Å²) in [5.41, 5.74) is 0.367. The first-order valence-electron chi connectivity index (χ1n) is 9.25. The summed E-state index contributed by atoms with van der Waals surface area (Å²) in [6.45, 7) is 0.580. The lowest BCUT2D eigenvalue weighted by atomic mass is 10.1. The van der Waals surface area contributed by atoms with E-state index in [4.69, 9.17) is 4.42 Å². The van der Waals surface area contributed by atoms with Gasteiger partial charge in [0.2, 0.25) is 5.89 Å². The van der Waals surface area contributed by atoms with E-state index in [-0.39, 0.29) is 23.2 Å². The van der Waals surface area contributed by atoms with Crippen LogP contribution in [-0.4, -0.2) is 36.1 Å². The minimum Gasteiger partial charge on any atom is -0.408 e. The number of anilines is 2. The average Bonchev–Trinajstić information content (AvgIpc) is 3.40. The van der Waals surface area contributed by atoms with Gasteiger partial charge in [-0.25, -0.2) is 8.42 Å². The minimum absolute atomic E-state index is 0.0670. The molecule has 0 saturated carbocycles. The SMILES string of the molecule is O=S(=O)(NC1=NCCS1)c1ccc(Nc2nnc(Cc3ccc(C(F)(F)F)cc3)o2)cc1. The van der Waals surface area contributed by atoms with Crippen LogP contribution in [0.5, 0.6) is 0 Å². The van der Waals surface area contributed by atoms with E-state index >= 15 is 0 Å². The summed E-state index contributed by atoms with van der Waals surface area (Å²) >= 11 is 1.34. The van der Waals surface area contributed by atoms with E-state index in [1.165, 1.54) is 48.2 Å². The Kier molecular flexibility index (Phi) is 6.11. The molecule has 0 unspecified atom stereocenters. The second kappa shape index (κ2) is 8.82. The van der Waals surface area contributed by atoms with Crippen LogP contribution < -0.4 is 10.0 Å². The van der Waals surface area contributed by atoms with Gasteiger partial charge in [-0.3, -0.25) is 9.71 Å². The summed E-state index contributed by atoms with van der Waals surface area (Å²) in [5.74, 6) is 0.955. The molecule has 168 valence electrons. The fourth-order valence-corrected chi connectivity index (χ4v) is 4.80. The van der Waals surface area contributed by atoms with Gasteiger partial charge in [0.15, 0.2) is 5.17 Å². The molecule has 0 atom stereocenters. The molecule has 0 saturated heterocycles. The Bertz CT molecular complexity index is 1220. The first-order chi connectivity index (χ1) is 15.2. The first kappa shape index (κ1) is 22.1. The van der Waals surface area contributed by atoms with Crippen LogP contribution in [0.25, 0.3) is 0 Å². The van der Waals surface area contributed by atoms with Crippen LogP contribution >= 0.6 is 11.8 Å². The molecule has 2 heterocycles. The molecule has 2 aromatic carbocycles. The highest BCUT2D eigenvalue weighted by Gasteiger charge is 2.30. The molecule has 32 heavy (non-hydrogen) atoms. The molecule has 2 N–H and O–H groups in total. The van der Waals surface area contributed by atoms with Crippen LogP contribution in [0.3, 0.4) is 0 Å². The van der Waals surface area contributed by atoms with Crippen molar-refractivity contribution in [2.45, 2.75) is 17.5 Å². The molecule has 4 rings (SSSR count). The molecule has 1 aliphatic rings. The molecule has 1 aliphatic heterocycles. The van der Waals surface area contributed by atoms with Gasteiger partial charge >= 0.3 is 12.2 Å². The van der Waals surface area contributed by atoms with Crippen molar-refractivity contribution in [2.24, 2.45) is 4.99 Å². The predicted octanol–water partition coefficient (Wildman–Crippen LogP) is 3.80. The molecule has 8 nitrogen and oxygen atoms in total. The molecule has 0 aliphatic carbocycles. The lowest BCUT2D eigenvalue weighted by molar-refractivity contribution is -0.137. The Labute approximate surface area is 185 Å². The maximum Gasteiger partial charge on any atom is 0.416 e. The van der Waals surface area contributed by atoms with Crippen LogP contribution in [-0.2, 0) is 22.6 Å². The number of nitrogens with zero attached hydrogens (tertiary/aromatic N) is 3. The monoisotopic (exact) mass is 483 g/mol. The minimum atomic E-state index is -4.39. The number of aromatic nitrogens is 2. The lowest BCUT2D eigenvalue weighted by Gasteiger charge is -2.08. The van der Waals surface area contributed by atoms with E-state index in [0.29, 0.717) is 23.0 Å². The summed E-state index contributed by atoms with van der Waals surface area (Å²) in [5, 5.41) is 10.9. The third-order valence-corrected chi connectivity index (χ3v) is 6.70. The Morgan fingerprint density at radius 3 is 2.38 bits per heavy atom. The Balaban J connectivity index is 1.38. The third kappa shape index (κ3) is 5.40. The van der Waals surface area contributed by atoms with Gasteiger partial charge in [0.05, 0.1) is 23.4 Å². The normalized spacial score (nSPS) is 14.3. The van der Waals surface area contributed by atoms with Crippen molar-refractivity contribution >= 4 is 38.7 Å². The highest BCUT2D eigenvalue weighted by Crippen LogP contribution is 2.29. The quantitative estimate of drug-likeness (QED) is 0.549. The second-order valence-corrected chi connectivity index (χ2v) is 9.43. The van der Waals surface area contributed by atoms with E-state index in [9.17, 15) is 21.6 Å². The van der Waals surface area contributed by atoms with Gasteiger partial charge in [0, 0.05) is 11.4 Å². The summed E-state index contributed by atoms with van der Waals surface area (Å²) in [6, 6.07) is 10.7. The van der Waals surface area contributed by atoms with Crippen molar-refractivity contribution in [3.8, 4) is 0 Å². The molecule has 0 bridgehead atoms. The van der Waals surface area contributed by atoms with Crippen LogP contribution in [0.4, 0.5) is 24.9 Å². The molecular formula is C19H16F3N5O3S2. The molecule has 0 spiro atoms. The molecular weight excluding hydrogens is 467 g/mol. The number of thioether (sulfide) groups is 1. The summed E-state index contributed by atoms with van der Waals surface area (Å²) < 4.78 is 70.6. The van der Waals surface area contributed by atoms with Crippen molar-refractivity contribution in [3.63, 3.8) is 0 Å². The van der Waals surface area contributed by atoms with Crippen LogP contribution in [0.15, 0.2) is 62.8 Å². The Morgan fingerprint density at radius 1 is 1.03 bits per heavy atom. The van der Waals surface area contributed by atoms with E-state index in [1.807, 2.05) is 0 Å². The van der Waals surface area contributed by atoms with Crippen molar-refractivity contribution in [1.82, 2.24) is 14.9 Å². The molecule has 3 aromatic rings. The zero-order chi connectivity index (χ0) is 22.8. The number of amidine groups is 1. The maximum absolute atomic E-state index is 12.6. The van der Waals surface area contributed by atoms with Gasteiger partial charge in [-0.1, -0.05) is 29.0 Å². The van der Waals surface area contributed by atoms with Crippen LogP contribution in [0.2, 0.25) is 0 Å². The molecule has 0 fully saturated rings. The summed E-state index contributed by atoms with van der Waals surface area (Å²) in [7, 11) is -3.73. The van der Waals surface area contributed by atoms with E-state index in [1.54, 1.807) is 0 Å². The van der Waals surface area contributed by atoms with E-state index in [2.05, 4.69) is 25.2 Å². The highest BCUT2D eigenvalue weighted by molar-refractivity contribution is 8.15. The van der Waals surface area contributed by atoms with Gasteiger partial charge < -0.3 is 9.73 Å². The van der Waals surface area contributed by atoms with Crippen LogP contribution in [0.1, 0.15) is 17.0 Å². The van der Waals surface area contributed by atoms with Gasteiger partial charge in [-0.2, -0.15) is 13.2 Å². The van der Waals surface area contributed by atoms with Crippen molar-refractivity contribution < 1.29 is 26.0 Å². The smallest absolute Gasteiger partial charge is 0.408 e. The number of hydrogen-bond donors (Lipinski definition) is 2. The number of halogens is 3. The topological polar surface area (TPSA) is 109 Å². The third-order valence-electron chi connectivity index (χ3n) is 4.33. The Morgan fingerprint density at radius 2 is 1.75 bits per heavy atom. The van der Waals surface area contributed by atoms with Gasteiger partial charge in [0.1, 0.15) is 0 Å². The number of alkyl halides is 3. The van der Waals surface area contributed by atoms with Gasteiger partial charge in [0.25, 0.3) is 10.0 Å². The van der Waals surface area contributed by atoms with Gasteiger partial charge in [-0.15, -0.1) is 5.10 Å². The van der Waals surface area contributed by atoms with Crippen molar-refractivity contribution in [3.05, 3.63) is 65.5 Å². The number of nitrogens with one attached hydrogen (secondary N) is 2. The standard InChI is InChI=1S/C19H16F3N5O3S2/c20-19(21,22)13-3-1-12(2-4-13)11-16-25-26-17(30-16)24-14-5-7-15(8-6-14)32(28,29)27-18-23-9-10-31-18/h1-8H,9-11H2,(H,23,27)(H,24,26). The Hall–Kier alpha value is -3.06. The van der Waals surface area contributed by atoms with E-state index < -0.39 is 21.8 Å². The fraction of sp³-hybridized carbons (Fsp3) is 0.211. The molecule has 1 aromatic heterocycles. The number of benzene rings is 2. The first-order valence-corrected chi connectivity index (χ1v) is 11.7. The lowest BCUT2D eigenvalue weighted by Crippen LogP contribution is -2.27.